The summed E-state index contributed by atoms with van der Waals surface area (Å²) in [5, 5.41) is 0. The van der Waals surface area contributed by atoms with E-state index in [1.165, 1.54) is 0 Å². The first-order chi connectivity index (χ1) is 4.33. The van der Waals surface area contributed by atoms with E-state index in [2.05, 4.69) is 16.2 Å². The predicted octanol–water partition coefficient (Wildman–Crippen LogP) is 1.30. The molecule has 0 heterocycles. The van der Waals surface area contributed by atoms with Gasteiger partial charge < -0.3 is 4.74 Å². The molecule has 0 N–H and O–H groups in total. The molecule has 0 radical (unpaired) electrons. The molecule has 0 aromatic carbocycles. The lowest BCUT2D eigenvalue weighted by Gasteiger charge is -1.86. The van der Waals surface area contributed by atoms with Gasteiger partial charge in [-0.25, -0.2) is 0 Å². The van der Waals surface area contributed by atoms with Crippen molar-refractivity contribution in [3.8, 4) is 0 Å². The van der Waals surface area contributed by atoms with E-state index in [4.69, 9.17) is 4.74 Å². The first kappa shape index (κ1) is 17.2. The van der Waals surface area contributed by atoms with Crippen molar-refractivity contribution in [2.75, 3.05) is 19.8 Å². The van der Waals surface area contributed by atoms with Gasteiger partial charge in [-0.05, 0) is 20.8 Å². The van der Waals surface area contributed by atoms with E-state index in [0.29, 0.717) is 6.61 Å². The zero-order chi connectivity index (χ0) is 7.54. The Balaban J connectivity index is -0.0000000910. The van der Waals surface area contributed by atoms with Crippen molar-refractivity contribution < 1.29 is 9.03 Å². The number of hydrogen-bond acceptors (Lipinski definition) is 2. The Morgan fingerprint density at radius 2 is 1.30 bits per heavy atom. The molecule has 0 aliphatic rings. The van der Waals surface area contributed by atoms with Gasteiger partial charge in [-0.3, -0.25) is 4.29 Å². The van der Waals surface area contributed by atoms with Crippen molar-refractivity contribution in [2.45, 2.75) is 20.8 Å². The molecule has 0 aromatic heterocycles. The molecule has 0 atom stereocenters. The minimum absolute atomic E-state index is 0. The molecule has 0 aliphatic heterocycles. The molecule has 0 fully saturated rings. The fraction of sp³-hybridized carbons (Fsp3) is 1.00. The molecule has 0 unspecified atom stereocenters. The molecule has 0 spiro atoms. The molecule has 4 heteroatoms. The van der Waals surface area contributed by atoms with Gasteiger partial charge in [0.2, 0.25) is 0 Å². The van der Waals surface area contributed by atoms with Crippen LogP contribution in [0.5, 0.6) is 0 Å². The van der Waals surface area contributed by atoms with Crippen molar-refractivity contribution in [1.29, 1.82) is 0 Å². The van der Waals surface area contributed by atoms with Gasteiger partial charge in [0.15, 0.2) is 0 Å². The van der Waals surface area contributed by atoms with Gasteiger partial charge in [0.25, 0.3) is 0 Å². The standard InChI is InChI=1S/C4H10O.C2H5ClO.Mg.2H/c1-3-5-4-2;1-2-4-3;;;/h3-4H2,1-2H3;2H2,1H3;;;. The van der Waals surface area contributed by atoms with Crippen LogP contribution in [0.15, 0.2) is 0 Å². The lowest BCUT2D eigenvalue weighted by atomic mass is 10.8. The lowest BCUT2D eigenvalue weighted by molar-refractivity contribution is 0.162. The zero-order valence-electron chi connectivity index (χ0n) is 6.32. The molecular formula is C6H17ClMgO2. The number of hydrogen-bond donors (Lipinski definition) is 0. The Hall–Kier alpha value is 0.976. The van der Waals surface area contributed by atoms with Crippen LogP contribution in [0, 0.1) is 0 Å². The Kier molecular flexibility index (Phi) is 38.6. The second-order valence-electron chi connectivity index (χ2n) is 1.18. The largest absolute Gasteiger partial charge is 0.382 e. The summed E-state index contributed by atoms with van der Waals surface area (Å²) in [5.74, 6) is 0. The molecule has 0 aromatic rings. The van der Waals surface area contributed by atoms with Crippen LogP contribution in [0.3, 0.4) is 0 Å². The Labute approximate surface area is 84.5 Å². The zero-order valence-corrected chi connectivity index (χ0v) is 7.07. The summed E-state index contributed by atoms with van der Waals surface area (Å²) in [6, 6.07) is 0. The molecule has 62 valence electrons. The molecule has 0 saturated carbocycles. The summed E-state index contributed by atoms with van der Waals surface area (Å²) in [6.07, 6.45) is 0. The predicted molar refractivity (Wildman–Crippen MR) is 48.2 cm³/mol. The van der Waals surface area contributed by atoms with Crippen LogP contribution < -0.4 is 0 Å². The number of halogens is 1. The van der Waals surface area contributed by atoms with E-state index in [0.717, 1.165) is 13.2 Å². The quantitative estimate of drug-likeness (QED) is 0.611. The molecule has 0 rings (SSSR count). The SMILES string of the molecule is CCOCC.CCOCl.[MgH2]. The molecule has 10 heavy (non-hydrogen) atoms. The van der Waals surface area contributed by atoms with Crippen LogP contribution >= 0.6 is 11.9 Å². The second-order valence-corrected chi connectivity index (χ2v) is 1.40. The summed E-state index contributed by atoms with van der Waals surface area (Å²) < 4.78 is 8.85. The summed E-state index contributed by atoms with van der Waals surface area (Å²) in [5.41, 5.74) is 0. The minimum atomic E-state index is 0. The van der Waals surface area contributed by atoms with E-state index in [1.54, 1.807) is 0 Å². The van der Waals surface area contributed by atoms with Crippen molar-refractivity contribution in [1.82, 2.24) is 0 Å². The maximum Gasteiger partial charge on any atom is 0.316 e. The van der Waals surface area contributed by atoms with Gasteiger partial charge in [0.1, 0.15) is 0 Å². The lowest BCUT2D eigenvalue weighted by Crippen LogP contribution is -1.84. The van der Waals surface area contributed by atoms with Crippen molar-refractivity contribution >= 4 is 34.9 Å². The Morgan fingerprint density at radius 3 is 1.30 bits per heavy atom. The Morgan fingerprint density at radius 1 is 1.00 bits per heavy atom. The normalized spacial score (nSPS) is 7.20. The Bertz CT molecular complexity index is 34.9. The average Bonchev–Trinajstić information content (AvgIpc) is 1.91. The van der Waals surface area contributed by atoms with E-state index in [1.807, 2.05) is 20.8 Å². The van der Waals surface area contributed by atoms with E-state index >= 15 is 0 Å². The van der Waals surface area contributed by atoms with Gasteiger partial charge in [0.05, 0.1) is 18.5 Å². The smallest absolute Gasteiger partial charge is 0.316 e. The van der Waals surface area contributed by atoms with Crippen LogP contribution in [0.1, 0.15) is 20.8 Å². The molecule has 0 saturated heterocycles. The van der Waals surface area contributed by atoms with Crippen LogP contribution in [0.4, 0.5) is 0 Å². The highest BCUT2D eigenvalue weighted by molar-refractivity contribution is 6.07. The highest BCUT2D eigenvalue weighted by Gasteiger charge is 1.64. The van der Waals surface area contributed by atoms with Crippen LogP contribution in [-0.4, -0.2) is 42.9 Å². The first-order valence-corrected chi connectivity index (χ1v) is 3.45. The van der Waals surface area contributed by atoms with Gasteiger partial charge in [-0.2, -0.15) is 0 Å². The van der Waals surface area contributed by atoms with Crippen molar-refractivity contribution in [2.24, 2.45) is 0 Å². The molecule has 0 amide bonds. The van der Waals surface area contributed by atoms with E-state index < -0.39 is 0 Å². The van der Waals surface area contributed by atoms with Gasteiger partial charge in [0, 0.05) is 13.2 Å². The molecule has 0 aliphatic carbocycles. The summed E-state index contributed by atoms with van der Waals surface area (Å²) >= 11 is 4.69. The summed E-state index contributed by atoms with van der Waals surface area (Å²) in [4.78, 5) is 0. The van der Waals surface area contributed by atoms with Gasteiger partial charge >= 0.3 is 23.1 Å². The third-order valence-corrected chi connectivity index (χ3v) is 0.736. The van der Waals surface area contributed by atoms with Crippen molar-refractivity contribution in [3.05, 3.63) is 0 Å². The fourth-order valence-corrected chi connectivity index (χ4v) is 0.204. The number of rotatable bonds is 3. The van der Waals surface area contributed by atoms with Crippen LogP contribution in [0.25, 0.3) is 0 Å². The topological polar surface area (TPSA) is 18.5 Å². The van der Waals surface area contributed by atoms with Gasteiger partial charge in [-0.15, -0.1) is 0 Å². The molecule has 2 nitrogen and oxygen atoms in total. The van der Waals surface area contributed by atoms with E-state index in [9.17, 15) is 0 Å². The highest BCUT2D eigenvalue weighted by atomic mass is 35.5. The molecule has 0 bridgehead atoms. The van der Waals surface area contributed by atoms with Crippen LogP contribution in [0.2, 0.25) is 0 Å². The fourth-order valence-electron chi connectivity index (χ4n) is 0.204. The first-order valence-electron chi connectivity index (χ1n) is 3.14. The minimum Gasteiger partial charge on any atom is -0.382 e. The number of ether oxygens (including phenoxy) is 1. The summed E-state index contributed by atoms with van der Waals surface area (Å²) in [7, 11) is 0. The maximum atomic E-state index is 4.83. The third kappa shape index (κ3) is 36.1. The monoisotopic (exact) mass is 180 g/mol. The second kappa shape index (κ2) is 22.5. The van der Waals surface area contributed by atoms with Gasteiger partial charge in [-0.1, -0.05) is 0 Å². The third-order valence-electron chi connectivity index (χ3n) is 0.517. The summed E-state index contributed by atoms with van der Waals surface area (Å²) in [6.45, 7) is 8.08. The average molecular weight is 181 g/mol. The van der Waals surface area contributed by atoms with Crippen LogP contribution in [-0.2, 0) is 9.03 Å². The highest BCUT2D eigenvalue weighted by Crippen LogP contribution is 1.71. The maximum absolute atomic E-state index is 4.83. The van der Waals surface area contributed by atoms with Crippen molar-refractivity contribution in [3.63, 3.8) is 0 Å². The van der Waals surface area contributed by atoms with E-state index in [-0.39, 0.29) is 23.1 Å². The molecular weight excluding hydrogens is 164 g/mol.